The van der Waals surface area contributed by atoms with Crippen LogP contribution in [0.5, 0.6) is 5.75 Å². The highest BCUT2D eigenvalue weighted by Crippen LogP contribution is 2.31. The number of aliphatic hydroxyl groups is 1. The summed E-state index contributed by atoms with van der Waals surface area (Å²) in [5.41, 5.74) is 1.43. The van der Waals surface area contributed by atoms with Crippen LogP contribution in [0.25, 0.3) is 6.08 Å². The van der Waals surface area contributed by atoms with Crippen LogP contribution in [0.3, 0.4) is 0 Å². The smallest absolute Gasteiger partial charge is 0.253 e. The van der Waals surface area contributed by atoms with E-state index in [2.05, 4.69) is 6.92 Å². The van der Waals surface area contributed by atoms with Gasteiger partial charge in [0.15, 0.2) is 0 Å². The third-order valence-electron chi connectivity index (χ3n) is 4.29. The van der Waals surface area contributed by atoms with Gasteiger partial charge in [-0.3, -0.25) is 4.79 Å². The molecule has 0 spiro atoms. The Bertz CT molecular complexity index is 599. The molecular weight excluding hydrogens is 290 g/mol. The van der Waals surface area contributed by atoms with Gasteiger partial charge >= 0.3 is 0 Å². The lowest BCUT2D eigenvalue weighted by Crippen LogP contribution is -2.41. The van der Waals surface area contributed by atoms with E-state index in [0.29, 0.717) is 23.1 Å². The number of likely N-dealkylation sites (tertiary alicyclic amines) is 1. The Hall–Kier alpha value is -1.52. The number of amides is 1. The van der Waals surface area contributed by atoms with E-state index in [1.807, 2.05) is 12.1 Å². The molecular formula is C16H18ClNO3. The lowest BCUT2D eigenvalue weighted by Gasteiger charge is -2.27. The summed E-state index contributed by atoms with van der Waals surface area (Å²) in [7, 11) is 0. The predicted molar refractivity (Wildman–Crippen MR) is 81.3 cm³/mol. The normalized spacial score (nSPS) is 24.3. The first-order valence-electron chi connectivity index (χ1n) is 7.15. The second kappa shape index (κ2) is 5.70. The zero-order valence-electron chi connectivity index (χ0n) is 11.9. The van der Waals surface area contributed by atoms with E-state index in [0.717, 1.165) is 17.7 Å². The molecule has 0 aromatic heterocycles. The van der Waals surface area contributed by atoms with Crippen molar-refractivity contribution in [2.24, 2.45) is 5.92 Å². The highest BCUT2D eigenvalue weighted by molar-refractivity contribution is 6.30. The first-order chi connectivity index (χ1) is 10.1. The minimum atomic E-state index is -0.0980. The van der Waals surface area contributed by atoms with Crippen molar-refractivity contribution in [3.63, 3.8) is 0 Å². The van der Waals surface area contributed by atoms with E-state index >= 15 is 0 Å². The largest absolute Gasteiger partial charge is 0.488 e. The van der Waals surface area contributed by atoms with Crippen molar-refractivity contribution in [1.82, 2.24) is 4.90 Å². The van der Waals surface area contributed by atoms with Gasteiger partial charge in [-0.25, -0.2) is 0 Å². The molecule has 0 radical (unpaired) electrons. The fourth-order valence-corrected chi connectivity index (χ4v) is 3.18. The minimum Gasteiger partial charge on any atom is -0.488 e. The fraction of sp³-hybridized carbons (Fsp3) is 0.438. The molecule has 1 fully saturated rings. The molecule has 21 heavy (non-hydrogen) atoms. The number of rotatable bonds is 2. The van der Waals surface area contributed by atoms with Crippen LogP contribution in [0.2, 0.25) is 5.02 Å². The number of hydrogen-bond acceptors (Lipinski definition) is 3. The minimum absolute atomic E-state index is 0.00343. The summed E-state index contributed by atoms with van der Waals surface area (Å²) in [5, 5.41) is 10.1. The Kier molecular flexibility index (Phi) is 3.91. The van der Waals surface area contributed by atoms with Crippen molar-refractivity contribution in [2.45, 2.75) is 19.4 Å². The molecule has 2 aliphatic heterocycles. The zero-order chi connectivity index (χ0) is 15.0. The molecule has 2 heterocycles. The van der Waals surface area contributed by atoms with Crippen LogP contribution < -0.4 is 4.74 Å². The predicted octanol–water partition coefficient (Wildman–Crippen LogP) is 2.35. The van der Waals surface area contributed by atoms with Crippen LogP contribution in [0, 0.1) is 5.92 Å². The molecule has 2 atom stereocenters. The van der Waals surface area contributed by atoms with E-state index in [-0.39, 0.29) is 25.2 Å². The summed E-state index contributed by atoms with van der Waals surface area (Å²) in [6, 6.07) is 5.27. The van der Waals surface area contributed by atoms with Crippen LogP contribution in [-0.2, 0) is 4.79 Å². The molecule has 2 aliphatic rings. The van der Waals surface area contributed by atoms with Gasteiger partial charge in [-0.1, -0.05) is 18.5 Å². The van der Waals surface area contributed by atoms with Crippen LogP contribution in [0.15, 0.2) is 23.8 Å². The van der Waals surface area contributed by atoms with Crippen molar-refractivity contribution in [2.75, 3.05) is 19.8 Å². The number of carbonyl (C=O) groups is 1. The molecule has 0 saturated carbocycles. The Balaban J connectivity index is 1.86. The topological polar surface area (TPSA) is 49.8 Å². The van der Waals surface area contributed by atoms with Gasteiger partial charge in [0.2, 0.25) is 0 Å². The van der Waals surface area contributed by atoms with E-state index in [9.17, 15) is 9.90 Å². The van der Waals surface area contributed by atoms with Gasteiger partial charge in [-0.2, -0.15) is 0 Å². The average molecular weight is 308 g/mol. The molecule has 112 valence electrons. The molecule has 1 N–H and O–H groups in total. The summed E-state index contributed by atoms with van der Waals surface area (Å²) >= 11 is 5.98. The summed E-state index contributed by atoms with van der Waals surface area (Å²) < 4.78 is 5.63. The van der Waals surface area contributed by atoms with Gasteiger partial charge in [-0.05, 0) is 36.6 Å². The van der Waals surface area contributed by atoms with Gasteiger partial charge in [0.1, 0.15) is 12.4 Å². The molecule has 4 nitrogen and oxygen atoms in total. The van der Waals surface area contributed by atoms with E-state index in [1.54, 1.807) is 17.0 Å². The maximum Gasteiger partial charge on any atom is 0.253 e. The number of nitrogens with zero attached hydrogens (tertiary/aromatic N) is 1. The van der Waals surface area contributed by atoms with Crippen LogP contribution >= 0.6 is 11.6 Å². The molecule has 2 unspecified atom stereocenters. The van der Waals surface area contributed by atoms with Crippen molar-refractivity contribution < 1.29 is 14.6 Å². The molecule has 1 aromatic rings. The highest BCUT2D eigenvalue weighted by atomic mass is 35.5. The first-order valence-corrected chi connectivity index (χ1v) is 7.52. The average Bonchev–Trinajstić information content (AvgIpc) is 2.86. The number of benzene rings is 1. The lowest BCUT2D eigenvalue weighted by molar-refractivity contribution is -0.129. The van der Waals surface area contributed by atoms with Crippen LogP contribution in [-0.4, -0.2) is 41.7 Å². The van der Waals surface area contributed by atoms with Crippen LogP contribution in [0.4, 0.5) is 0 Å². The number of fused-ring (bicyclic) bond motifs is 1. The number of carbonyl (C=O) groups excluding carboxylic acids is 1. The maximum atomic E-state index is 12.6. The van der Waals surface area contributed by atoms with Crippen molar-refractivity contribution in [3.8, 4) is 5.75 Å². The second-order valence-electron chi connectivity index (χ2n) is 5.65. The van der Waals surface area contributed by atoms with E-state index in [1.165, 1.54) is 0 Å². The number of ether oxygens (including phenoxy) is 1. The molecule has 5 heteroatoms. The van der Waals surface area contributed by atoms with Gasteiger partial charge in [-0.15, -0.1) is 0 Å². The highest BCUT2D eigenvalue weighted by Gasteiger charge is 2.35. The fourth-order valence-electron chi connectivity index (χ4n) is 3.00. The SMILES string of the molecule is CC1CCN(C(=O)C2=Cc3cc(Cl)ccc3OC2)C1CO. The standard InChI is InChI=1S/C16H18ClNO3/c1-10-4-5-18(14(10)8-19)16(20)12-6-11-7-13(17)2-3-15(11)21-9-12/h2-3,6-7,10,14,19H,4-5,8-9H2,1H3. The Morgan fingerprint density at radius 3 is 3.10 bits per heavy atom. The number of aliphatic hydroxyl groups excluding tert-OH is 1. The monoisotopic (exact) mass is 307 g/mol. The third-order valence-corrected chi connectivity index (χ3v) is 4.52. The maximum absolute atomic E-state index is 12.6. The summed E-state index contributed by atoms with van der Waals surface area (Å²) in [6.45, 7) is 3.01. The Morgan fingerprint density at radius 2 is 2.33 bits per heavy atom. The quantitative estimate of drug-likeness (QED) is 0.912. The van der Waals surface area contributed by atoms with E-state index in [4.69, 9.17) is 16.3 Å². The Morgan fingerprint density at radius 1 is 1.52 bits per heavy atom. The van der Waals surface area contributed by atoms with Gasteiger partial charge in [0, 0.05) is 17.1 Å². The molecule has 1 saturated heterocycles. The summed E-state index contributed by atoms with van der Waals surface area (Å²) in [4.78, 5) is 14.4. The lowest BCUT2D eigenvalue weighted by atomic mass is 10.0. The van der Waals surface area contributed by atoms with Gasteiger partial charge in [0.05, 0.1) is 18.2 Å². The number of halogens is 1. The van der Waals surface area contributed by atoms with E-state index < -0.39 is 0 Å². The first kappa shape index (κ1) is 14.4. The summed E-state index contributed by atoms with van der Waals surface area (Å²) in [6.07, 6.45) is 2.76. The second-order valence-corrected chi connectivity index (χ2v) is 6.09. The molecule has 0 bridgehead atoms. The summed E-state index contributed by atoms with van der Waals surface area (Å²) in [5.74, 6) is 1.01. The van der Waals surface area contributed by atoms with Crippen molar-refractivity contribution in [3.05, 3.63) is 34.4 Å². The number of hydrogen-bond donors (Lipinski definition) is 1. The molecule has 1 aromatic carbocycles. The zero-order valence-corrected chi connectivity index (χ0v) is 12.6. The molecule has 3 rings (SSSR count). The van der Waals surface area contributed by atoms with Crippen LogP contribution in [0.1, 0.15) is 18.9 Å². The third kappa shape index (κ3) is 2.65. The van der Waals surface area contributed by atoms with Crippen molar-refractivity contribution in [1.29, 1.82) is 0 Å². The molecule has 1 amide bonds. The van der Waals surface area contributed by atoms with Gasteiger partial charge in [0.25, 0.3) is 5.91 Å². The van der Waals surface area contributed by atoms with Gasteiger partial charge < -0.3 is 14.7 Å². The molecule has 0 aliphatic carbocycles. The Labute approximate surface area is 129 Å². The van der Waals surface area contributed by atoms with Crippen molar-refractivity contribution >= 4 is 23.6 Å².